The van der Waals surface area contributed by atoms with Gasteiger partial charge in [0.1, 0.15) is 6.61 Å². The van der Waals surface area contributed by atoms with Crippen molar-refractivity contribution < 1.29 is 28.6 Å². The third-order valence-corrected chi connectivity index (χ3v) is 3.47. The average Bonchev–Trinajstić information content (AvgIpc) is 2.62. The number of nitrogens with one attached hydrogen (secondary N) is 1. The quantitative estimate of drug-likeness (QED) is 0.392. The van der Waals surface area contributed by atoms with Gasteiger partial charge < -0.3 is 19.5 Å². The largest absolute Gasteiger partial charge is 0.464 e. The SMILES string of the molecule is CCCCOC(=O)[C@](C)(NC(=O)c1ccccc1)C(=O)OCCOC. The minimum Gasteiger partial charge on any atom is -0.464 e. The van der Waals surface area contributed by atoms with E-state index in [1.807, 2.05) is 6.92 Å². The number of rotatable bonds is 10. The first-order chi connectivity index (χ1) is 12.0. The Balaban J connectivity index is 2.90. The number of hydrogen-bond acceptors (Lipinski definition) is 6. The van der Waals surface area contributed by atoms with Gasteiger partial charge in [0.25, 0.3) is 5.91 Å². The molecule has 138 valence electrons. The van der Waals surface area contributed by atoms with Gasteiger partial charge in [0, 0.05) is 12.7 Å². The zero-order valence-corrected chi connectivity index (χ0v) is 14.9. The molecular weight excluding hydrogens is 326 g/mol. The lowest BCUT2D eigenvalue weighted by Crippen LogP contribution is -2.59. The van der Waals surface area contributed by atoms with Gasteiger partial charge in [-0.2, -0.15) is 0 Å². The first kappa shape index (κ1) is 20.6. The van der Waals surface area contributed by atoms with Gasteiger partial charge in [0.15, 0.2) is 0 Å². The minimum atomic E-state index is -1.94. The summed E-state index contributed by atoms with van der Waals surface area (Å²) in [4.78, 5) is 37.2. The molecule has 0 radical (unpaired) electrons. The molecule has 0 fully saturated rings. The fraction of sp³-hybridized carbons (Fsp3) is 0.500. The number of carbonyl (C=O) groups excluding carboxylic acids is 3. The number of benzene rings is 1. The van der Waals surface area contributed by atoms with E-state index in [9.17, 15) is 14.4 Å². The van der Waals surface area contributed by atoms with Crippen molar-refractivity contribution in [1.82, 2.24) is 5.32 Å². The summed E-state index contributed by atoms with van der Waals surface area (Å²) < 4.78 is 15.0. The molecule has 1 aromatic rings. The minimum absolute atomic E-state index is 0.0334. The molecule has 7 heteroatoms. The Morgan fingerprint density at radius 2 is 1.60 bits per heavy atom. The van der Waals surface area contributed by atoms with Crippen LogP contribution in [-0.2, 0) is 23.8 Å². The first-order valence-electron chi connectivity index (χ1n) is 8.16. The van der Waals surface area contributed by atoms with Crippen molar-refractivity contribution in [1.29, 1.82) is 0 Å². The van der Waals surface area contributed by atoms with Gasteiger partial charge in [-0.1, -0.05) is 31.5 Å². The molecule has 1 rings (SSSR count). The fourth-order valence-electron chi connectivity index (χ4n) is 1.89. The molecule has 0 heterocycles. The number of ether oxygens (including phenoxy) is 3. The molecule has 1 N–H and O–H groups in total. The lowest BCUT2D eigenvalue weighted by Gasteiger charge is -2.26. The van der Waals surface area contributed by atoms with Crippen LogP contribution in [0.15, 0.2) is 30.3 Å². The van der Waals surface area contributed by atoms with E-state index >= 15 is 0 Å². The molecule has 0 aliphatic rings. The van der Waals surface area contributed by atoms with Crippen LogP contribution in [0.1, 0.15) is 37.0 Å². The van der Waals surface area contributed by atoms with Crippen LogP contribution in [0.5, 0.6) is 0 Å². The molecule has 0 saturated heterocycles. The lowest BCUT2D eigenvalue weighted by molar-refractivity contribution is -0.165. The summed E-state index contributed by atoms with van der Waals surface area (Å²) in [7, 11) is 1.46. The Hall–Kier alpha value is -2.41. The van der Waals surface area contributed by atoms with Crippen LogP contribution < -0.4 is 5.32 Å². The predicted octanol–water partition coefficient (Wildman–Crippen LogP) is 1.71. The highest BCUT2D eigenvalue weighted by Crippen LogP contribution is 2.13. The highest BCUT2D eigenvalue weighted by atomic mass is 16.6. The molecule has 0 spiro atoms. The van der Waals surface area contributed by atoms with E-state index in [1.54, 1.807) is 30.3 Å². The normalized spacial score (nSPS) is 12.8. The molecular formula is C18H25NO6. The van der Waals surface area contributed by atoms with Crippen molar-refractivity contribution in [3.8, 4) is 0 Å². The second kappa shape index (κ2) is 10.5. The number of amides is 1. The molecule has 25 heavy (non-hydrogen) atoms. The second-order valence-electron chi connectivity index (χ2n) is 5.56. The molecule has 0 unspecified atom stereocenters. The van der Waals surface area contributed by atoms with Gasteiger partial charge in [-0.3, -0.25) is 4.79 Å². The number of unbranched alkanes of at least 4 members (excludes halogenated alkanes) is 1. The van der Waals surface area contributed by atoms with Crippen LogP contribution >= 0.6 is 0 Å². The number of methoxy groups -OCH3 is 1. The smallest absolute Gasteiger partial charge is 0.343 e. The monoisotopic (exact) mass is 351 g/mol. The van der Waals surface area contributed by atoms with E-state index in [4.69, 9.17) is 14.2 Å². The summed E-state index contributed by atoms with van der Waals surface area (Å²) >= 11 is 0. The molecule has 1 aromatic carbocycles. The van der Waals surface area contributed by atoms with Crippen LogP contribution in [-0.4, -0.2) is 50.3 Å². The number of carbonyl (C=O) groups is 3. The maximum absolute atomic E-state index is 12.4. The average molecular weight is 351 g/mol. The van der Waals surface area contributed by atoms with E-state index < -0.39 is 23.4 Å². The topological polar surface area (TPSA) is 90.9 Å². The summed E-state index contributed by atoms with van der Waals surface area (Å²) in [5.74, 6) is -2.32. The zero-order chi connectivity index (χ0) is 18.7. The Morgan fingerprint density at radius 3 is 2.16 bits per heavy atom. The summed E-state index contributed by atoms with van der Waals surface area (Å²) in [6.45, 7) is 3.53. The van der Waals surface area contributed by atoms with Crippen LogP contribution in [0, 0.1) is 0 Å². The van der Waals surface area contributed by atoms with E-state index in [1.165, 1.54) is 14.0 Å². The van der Waals surface area contributed by atoms with Gasteiger partial charge >= 0.3 is 11.9 Å². The number of hydrogen-bond donors (Lipinski definition) is 1. The molecule has 0 bridgehead atoms. The number of esters is 2. The molecule has 1 atom stereocenters. The Bertz CT molecular complexity index is 550. The molecule has 7 nitrogen and oxygen atoms in total. The van der Waals surface area contributed by atoms with Gasteiger partial charge in [-0.15, -0.1) is 0 Å². The zero-order valence-electron chi connectivity index (χ0n) is 14.9. The van der Waals surface area contributed by atoms with E-state index in [2.05, 4.69) is 5.32 Å². The predicted molar refractivity (Wildman–Crippen MR) is 91.0 cm³/mol. The maximum Gasteiger partial charge on any atom is 0.343 e. The summed E-state index contributed by atoms with van der Waals surface area (Å²) in [6, 6.07) is 8.28. The standard InChI is InChI=1S/C18H25NO6/c1-4-5-11-24-16(21)18(2,17(22)25-13-12-23-3)19-15(20)14-9-7-6-8-10-14/h6-10H,4-5,11-13H2,1-3H3,(H,19,20)/t18-/m0/s1. The lowest BCUT2D eigenvalue weighted by atomic mass is 10.0. The van der Waals surface area contributed by atoms with Crippen molar-refractivity contribution in [3.05, 3.63) is 35.9 Å². The van der Waals surface area contributed by atoms with E-state index in [-0.39, 0.29) is 19.8 Å². The Morgan fingerprint density at radius 1 is 1.00 bits per heavy atom. The Labute approximate surface area is 147 Å². The molecule has 1 amide bonds. The van der Waals surface area contributed by atoms with Gasteiger partial charge in [0.2, 0.25) is 5.54 Å². The molecule has 0 saturated carbocycles. The van der Waals surface area contributed by atoms with Crippen molar-refractivity contribution in [2.24, 2.45) is 0 Å². The van der Waals surface area contributed by atoms with Crippen molar-refractivity contribution in [3.63, 3.8) is 0 Å². The van der Waals surface area contributed by atoms with Crippen LogP contribution in [0.4, 0.5) is 0 Å². The molecule has 0 aromatic heterocycles. The van der Waals surface area contributed by atoms with Gasteiger partial charge in [0.05, 0.1) is 13.2 Å². The Kier molecular flexibility index (Phi) is 8.63. The summed E-state index contributed by atoms with van der Waals surface area (Å²) in [5, 5.41) is 2.43. The van der Waals surface area contributed by atoms with E-state index in [0.29, 0.717) is 12.0 Å². The van der Waals surface area contributed by atoms with Crippen LogP contribution in [0.2, 0.25) is 0 Å². The molecule has 0 aliphatic carbocycles. The highest BCUT2D eigenvalue weighted by molar-refractivity contribution is 6.09. The van der Waals surface area contributed by atoms with Gasteiger partial charge in [-0.25, -0.2) is 9.59 Å². The summed E-state index contributed by atoms with van der Waals surface area (Å²) in [6.07, 6.45) is 1.49. The third-order valence-electron chi connectivity index (χ3n) is 3.47. The highest BCUT2D eigenvalue weighted by Gasteiger charge is 2.46. The van der Waals surface area contributed by atoms with Crippen molar-refractivity contribution in [2.45, 2.75) is 32.2 Å². The van der Waals surface area contributed by atoms with Crippen LogP contribution in [0.25, 0.3) is 0 Å². The first-order valence-corrected chi connectivity index (χ1v) is 8.16. The van der Waals surface area contributed by atoms with Crippen molar-refractivity contribution >= 4 is 17.8 Å². The van der Waals surface area contributed by atoms with E-state index in [0.717, 1.165) is 6.42 Å². The third kappa shape index (κ3) is 6.19. The van der Waals surface area contributed by atoms with Gasteiger partial charge in [-0.05, 0) is 25.5 Å². The van der Waals surface area contributed by atoms with Crippen LogP contribution in [0.3, 0.4) is 0 Å². The summed E-state index contributed by atoms with van der Waals surface area (Å²) in [5.41, 5.74) is -1.62. The second-order valence-corrected chi connectivity index (χ2v) is 5.56. The fourth-order valence-corrected chi connectivity index (χ4v) is 1.89. The van der Waals surface area contributed by atoms with Crippen molar-refractivity contribution in [2.75, 3.05) is 26.9 Å². The maximum atomic E-state index is 12.4. The molecule has 0 aliphatic heterocycles.